The van der Waals surface area contributed by atoms with Crippen LogP contribution in [-0.4, -0.2) is 17.4 Å². The van der Waals surface area contributed by atoms with Crippen LogP contribution in [0.25, 0.3) is 0 Å². The van der Waals surface area contributed by atoms with E-state index >= 15 is 0 Å². The van der Waals surface area contributed by atoms with Gasteiger partial charge in [-0.3, -0.25) is 14.9 Å². The summed E-state index contributed by atoms with van der Waals surface area (Å²) in [5.41, 5.74) is 1.80. The fourth-order valence-electron chi connectivity index (χ4n) is 2.11. The van der Waals surface area contributed by atoms with E-state index < -0.39 is 10.8 Å². The van der Waals surface area contributed by atoms with Gasteiger partial charge >= 0.3 is 5.69 Å². The molecule has 2 rings (SSSR count). The van der Waals surface area contributed by atoms with E-state index in [9.17, 15) is 14.9 Å². The fourth-order valence-corrected chi connectivity index (χ4v) is 2.11. The average molecular weight is 314 g/mol. The normalized spacial score (nSPS) is 10.2. The Kier molecular flexibility index (Phi) is 5.30. The predicted octanol–water partition coefficient (Wildman–Crippen LogP) is 3.81. The molecule has 1 N–H and O–H groups in total. The number of carbonyl (C=O) groups is 1. The Hall–Kier alpha value is -2.89. The molecule has 6 heteroatoms. The number of nitro groups is 1. The first-order valence-electron chi connectivity index (χ1n) is 7.36. The van der Waals surface area contributed by atoms with E-state index in [1.165, 1.54) is 23.8 Å². The van der Waals surface area contributed by atoms with E-state index in [0.717, 1.165) is 6.42 Å². The summed E-state index contributed by atoms with van der Waals surface area (Å²) in [6.45, 7) is 4.10. The zero-order chi connectivity index (χ0) is 16.8. The van der Waals surface area contributed by atoms with E-state index in [2.05, 4.69) is 5.32 Å². The van der Waals surface area contributed by atoms with Gasteiger partial charge in [0, 0.05) is 17.3 Å². The molecular weight excluding hydrogens is 296 g/mol. The number of nitro benzene ring substituents is 1. The van der Waals surface area contributed by atoms with Gasteiger partial charge in [-0.2, -0.15) is 0 Å². The molecule has 0 aliphatic rings. The van der Waals surface area contributed by atoms with Crippen molar-refractivity contribution < 1.29 is 14.5 Å². The molecule has 1 amide bonds. The van der Waals surface area contributed by atoms with Crippen molar-refractivity contribution >= 4 is 17.3 Å². The molecule has 120 valence electrons. The van der Waals surface area contributed by atoms with Crippen molar-refractivity contribution in [1.29, 1.82) is 0 Å². The van der Waals surface area contributed by atoms with E-state index in [1.807, 2.05) is 19.1 Å². The number of rotatable bonds is 6. The molecule has 0 heterocycles. The molecule has 0 bridgehead atoms. The standard InChI is InChI=1S/C17H18N2O4/c1-3-12-5-8-14(9-6-12)18-17(20)13-7-10-16(23-4-2)15(11-13)19(21)22/h5-11H,3-4H2,1-2H3,(H,18,20). The molecular formula is C17H18N2O4. The lowest BCUT2D eigenvalue weighted by atomic mass is 10.1. The topological polar surface area (TPSA) is 81.5 Å². The van der Waals surface area contributed by atoms with Gasteiger partial charge in [-0.15, -0.1) is 0 Å². The number of nitrogens with zero attached hydrogens (tertiary/aromatic N) is 1. The molecule has 0 radical (unpaired) electrons. The van der Waals surface area contributed by atoms with Crippen LogP contribution in [0, 0.1) is 10.1 Å². The first-order valence-corrected chi connectivity index (χ1v) is 7.36. The van der Waals surface area contributed by atoms with Crippen LogP contribution in [0.2, 0.25) is 0 Å². The maximum atomic E-state index is 12.2. The van der Waals surface area contributed by atoms with E-state index in [1.54, 1.807) is 19.1 Å². The average Bonchev–Trinajstić information content (AvgIpc) is 2.56. The molecule has 0 aliphatic heterocycles. The third kappa shape index (κ3) is 4.06. The largest absolute Gasteiger partial charge is 0.487 e. The van der Waals surface area contributed by atoms with Crippen molar-refractivity contribution in [2.24, 2.45) is 0 Å². The highest BCUT2D eigenvalue weighted by molar-refractivity contribution is 6.04. The second-order valence-electron chi connectivity index (χ2n) is 4.88. The van der Waals surface area contributed by atoms with Crippen molar-refractivity contribution in [3.63, 3.8) is 0 Å². The SMILES string of the molecule is CCOc1ccc(C(=O)Nc2ccc(CC)cc2)cc1[N+](=O)[O-]. The van der Waals surface area contributed by atoms with E-state index in [-0.39, 0.29) is 17.0 Å². The van der Waals surface area contributed by atoms with Crippen LogP contribution in [0.4, 0.5) is 11.4 Å². The molecule has 0 aromatic heterocycles. The highest BCUT2D eigenvalue weighted by atomic mass is 16.6. The molecule has 0 saturated heterocycles. The van der Waals surface area contributed by atoms with E-state index in [4.69, 9.17) is 4.74 Å². The number of hydrogen-bond donors (Lipinski definition) is 1. The number of amides is 1. The van der Waals surface area contributed by atoms with Gasteiger partial charge in [0.2, 0.25) is 0 Å². The molecule has 6 nitrogen and oxygen atoms in total. The van der Waals surface area contributed by atoms with Crippen LogP contribution in [0.5, 0.6) is 5.75 Å². The third-order valence-electron chi connectivity index (χ3n) is 3.34. The summed E-state index contributed by atoms with van der Waals surface area (Å²) in [4.78, 5) is 22.8. The van der Waals surface area contributed by atoms with Crippen molar-refractivity contribution in [3.05, 3.63) is 63.7 Å². The number of aryl methyl sites for hydroxylation is 1. The zero-order valence-electron chi connectivity index (χ0n) is 13.0. The summed E-state index contributed by atoms with van der Waals surface area (Å²) in [6, 6.07) is 11.6. The summed E-state index contributed by atoms with van der Waals surface area (Å²) in [5, 5.41) is 13.8. The molecule has 23 heavy (non-hydrogen) atoms. The van der Waals surface area contributed by atoms with E-state index in [0.29, 0.717) is 12.3 Å². The summed E-state index contributed by atoms with van der Waals surface area (Å²) < 4.78 is 5.20. The number of ether oxygens (including phenoxy) is 1. The first-order chi connectivity index (χ1) is 11.0. The lowest BCUT2D eigenvalue weighted by molar-refractivity contribution is -0.385. The Bertz CT molecular complexity index is 711. The quantitative estimate of drug-likeness (QED) is 0.649. The van der Waals surface area contributed by atoms with Crippen molar-refractivity contribution in [3.8, 4) is 5.75 Å². The summed E-state index contributed by atoms with van der Waals surface area (Å²) in [6.07, 6.45) is 0.916. The number of benzene rings is 2. The summed E-state index contributed by atoms with van der Waals surface area (Å²) in [7, 11) is 0. The second-order valence-corrected chi connectivity index (χ2v) is 4.88. The van der Waals surface area contributed by atoms with Gasteiger partial charge < -0.3 is 10.1 Å². The molecule has 0 saturated carbocycles. The molecule has 0 fully saturated rings. The molecule has 0 aliphatic carbocycles. The number of hydrogen-bond acceptors (Lipinski definition) is 4. The van der Waals surface area contributed by atoms with Crippen LogP contribution in [0.1, 0.15) is 29.8 Å². The van der Waals surface area contributed by atoms with Crippen molar-refractivity contribution in [1.82, 2.24) is 0 Å². The zero-order valence-corrected chi connectivity index (χ0v) is 13.0. The van der Waals surface area contributed by atoms with Gasteiger partial charge in [0.05, 0.1) is 11.5 Å². The van der Waals surface area contributed by atoms with Crippen molar-refractivity contribution in [2.45, 2.75) is 20.3 Å². The Morgan fingerprint density at radius 1 is 1.17 bits per heavy atom. The Morgan fingerprint density at radius 2 is 1.87 bits per heavy atom. The Balaban J connectivity index is 2.21. The van der Waals surface area contributed by atoms with Crippen LogP contribution in [0.15, 0.2) is 42.5 Å². The summed E-state index contributed by atoms with van der Waals surface area (Å²) >= 11 is 0. The fraction of sp³-hybridized carbons (Fsp3) is 0.235. The van der Waals surface area contributed by atoms with Crippen LogP contribution >= 0.6 is 0 Å². The maximum absolute atomic E-state index is 12.2. The Labute approximate surface area is 134 Å². The molecule has 0 atom stereocenters. The predicted molar refractivity (Wildman–Crippen MR) is 88.0 cm³/mol. The second kappa shape index (κ2) is 7.40. The first kappa shape index (κ1) is 16.5. The summed E-state index contributed by atoms with van der Waals surface area (Å²) in [5.74, 6) is -0.248. The number of nitrogens with one attached hydrogen (secondary N) is 1. The lowest BCUT2D eigenvalue weighted by Crippen LogP contribution is -2.12. The van der Waals surface area contributed by atoms with Crippen LogP contribution in [0.3, 0.4) is 0 Å². The van der Waals surface area contributed by atoms with Gasteiger partial charge in [0.1, 0.15) is 0 Å². The van der Waals surface area contributed by atoms with Gasteiger partial charge in [-0.1, -0.05) is 19.1 Å². The minimum atomic E-state index is -0.558. The number of anilines is 1. The van der Waals surface area contributed by atoms with Gasteiger partial charge in [0.15, 0.2) is 5.75 Å². The smallest absolute Gasteiger partial charge is 0.311 e. The lowest BCUT2D eigenvalue weighted by Gasteiger charge is -2.08. The number of carbonyl (C=O) groups excluding carboxylic acids is 1. The van der Waals surface area contributed by atoms with Gasteiger partial charge in [-0.25, -0.2) is 0 Å². The molecule has 0 spiro atoms. The minimum absolute atomic E-state index is 0.154. The van der Waals surface area contributed by atoms with Crippen molar-refractivity contribution in [2.75, 3.05) is 11.9 Å². The minimum Gasteiger partial charge on any atom is -0.487 e. The highest BCUT2D eigenvalue weighted by Crippen LogP contribution is 2.28. The third-order valence-corrected chi connectivity index (χ3v) is 3.34. The molecule has 2 aromatic rings. The maximum Gasteiger partial charge on any atom is 0.311 e. The highest BCUT2D eigenvalue weighted by Gasteiger charge is 2.18. The Morgan fingerprint density at radius 3 is 2.43 bits per heavy atom. The van der Waals surface area contributed by atoms with Crippen LogP contribution in [-0.2, 0) is 6.42 Å². The monoisotopic (exact) mass is 314 g/mol. The van der Waals surface area contributed by atoms with Crippen LogP contribution < -0.4 is 10.1 Å². The van der Waals surface area contributed by atoms with Gasteiger partial charge in [-0.05, 0) is 43.2 Å². The molecule has 2 aromatic carbocycles. The van der Waals surface area contributed by atoms with Gasteiger partial charge in [0.25, 0.3) is 5.91 Å². The molecule has 0 unspecified atom stereocenters.